The van der Waals surface area contributed by atoms with Crippen LogP contribution in [0.2, 0.25) is 5.02 Å². The van der Waals surface area contributed by atoms with E-state index in [2.05, 4.69) is 43.3 Å². The lowest BCUT2D eigenvalue weighted by molar-refractivity contribution is 0.0734. The van der Waals surface area contributed by atoms with E-state index in [4.69, 9.17) is 16.7 Å². The third kappa shape index (κ3) is 4.22. The average Bonchev–Trinajstić information content (AvgIpc) is 3.36. The number of aromatic nitrogens is 2. The standard InChI is InChI=1S/C25H25ClN2OS/c1-4-7-17-10-12-18(13-11-17)22-14-15-23(30-22)21-16-24(25(2,3)29)27-28(21)20-9-6-5-8-19(20)26/h5-6,8-16,29H,4,7H2,1-3H3. The third-order valence-corrected chi connectivity index (χ3v) is 6.53. The van der Waals surface area contributed by atoms with Gasteiger partial charge in [0.1, 0.15) is 5.60 Å². The number of hydrogen-bond donors (Lipinski definition) is 1. The fourth-order valence-electron chi connectivity index (χ4n) is 3.42. The molecule has 2 aromatic carbocycles. The van der Waals surface area contributed by atoms with Crippen LogP contribution in [0.15, 0.2) is 66.7 Å². The molecule has 0 fully saturated rings. The van der Waals surface area contributed by atoms with Crippen molar-refractivity contribution in [2.24, 2.45) is 0 Å². The van der Waals surface area contributed by atoms with Gasteiger partial charge in [-0.2, -0.15) is 5.10 Å². The Bertz CT molecular complexity index is 1150. The number of aliphatic hydroxyl groups is 1. The normalized spacial score (nSPS) is 11.8. The lowest BCUT2D eigenvalue weighted by Crippen LogP contribution is -2.16. The van der Waals surface area contributed by atoms with Crippen LogP contribution < -0.4 is 0 Å². The monoisotopic (exact) mass is 436 g/mol. The lowest BCUT2D eigenvalue weighted by Gasteiger charge is -2.13. The van der Waals surface area contributed by atoms with E-state index in [9.17, 15) is 5.11 Å². The number of aryl methyl sites for hydroxylation is 1. The number of hydrogen-bond acceptors (Lipinski definition) is 3. The van der Waals surface area contributed by atoms with E-state index in [0.717, 1.165) is 29.1 Å². The van der Waals surface area contributed by atoms with Crippen molar-refractivity contribution in [3.05, 3.63) is 83.0 Å². The topological polar surface area (TPSA) is 38.1 Å². The van der Waals surface area contributed by atoms with Gasteiger partial charge in [0.05, 0.1) is 27.0 Å². The summed E-state index contributed by atoms with van der Waals surface area (Å²) in [6.07, 6.45) is 2.25. The molecule has 0 aliphatic rings. The second kappa shape index (κ2) is 8.38. The number of thiophene rings is 1. The molecule has 0 bridgehead atoms. The molecule has 0 atom stereocenters. The van der Waals surface area contributed by atoms with E-state index in [1.165, 1.54) is 16.0 Å². The van der Waals surface area contributed by atoms with Crippen molar-refractivity contribution in [2.45, 2.75) is 39.2 Å². The van der Waals surface area contributed by atoms with Crippen LogP contribution in [0.4, 0.5) is 0 Å². The number of para-hydroxylation sites is 1. The summed E-state index contributed by atoms with van der Waals surface area (Å²) >= 11 is 8.17. The minimum absolute atomic E-state index is 0.608. The molecule has 30 heavy (non-hydrogen) atoms. The molecule has 4 rings (SSSR count). The molecular weight excluding hydrogens is 412 g/mol. The molecule has 1 N–H and O–H groups in total. The van der Waals surface area contributed by atoms with Crippen molar-refractivity contribution in [1.82, 2.24) is 9.78 Å². The molecule has 4 aromatic rings. The Labute approximate surface area is 186 Å². The van der Waals surface area contributed by atoms with Crippen LogP contribution in [0, 0.1) is 0 Å². The van der Waals surface area contributed by atoms with Crippen molar-refractivity contribution in [2.75, 3.05) is 0 Å². The van der Waals surface area contributed by atoms with Gasteiger partial charge in [0, 0.05) is 4.88 Å². The van der Waals surface area contributed by atoms with Crippen molar-refractivity contribution in [3.8, 4) is 26.7 Å². The number of benzene rings is 2. The predicted octanol–water partition coefficient (Wildman–Crippen LogP) is 7.10. The smallest absolute Gasteiger partial charge is 0.103 e. The van der Waals surface area contributed by atoms with Crippen molar-refractivity contribution in [3.63, 3.8) is 0 Å². The number of rotatable bonds is 6. The molecule has 2 aromatic heterocycles. The van der Waals surface area contributed by atoms with Crippen molar-refractivity contribution >= 4 is 22.9 Å². The van der Waals surface area contributed by atoms with E-state index in [-0.39, 0.29) is 0 Å². The van der Waals surface area contributed by atoms with E-state index in [1.54, 1.807) is 25.2 Å². The summed E-state index contributed by atoms with van der Waals surface area (Å²) < 4.78 is 1.83. The zero-order valence-corrected chi connectivity index (χ0v) is 19.0. The summed E-state index contributed by atoms with van der Waals surface area (Å²) in [4.78, 5) is 2.27. The first-order chi connectivity index (χ1) is 14.4. The Morgan fingerprint density at radius 3 is 2.37 bits per heavy atom. The van der Waals surface area contributed by atoms with Gasteiger partial charge in [-0.3, -0.25) is 0 Å². The molecule has 0 spiro atoms. The highest BCUT2D eigenvalue weighted by Gasteiger charge is 2.24. The van der Waals surface area contributed by atoms with Crippen molar-refractivity contribution in [1.29, 1.82) is 0 Å². The molecule has 0 saturated heterocycles. The molecular formula is C25H25ClN2OS. The van der Waals surface area contributed by atoms with E-state index in [0.29, 0.717) is 10.7 Å². The Morgan fingerprint density at radius 2 is 1.70 bits per heavy atom. The van der Waals surface area contributed by atoms with Crippen LogP contribution in [-0.4, -0.2) is 14.9 Å². The summed E-state index contributed by atoms with van der Waals surface area (Å²) in [6.45, 7) is 5.69. The summed E-state index contributed by atoms with van der Waals surface area (Å²) in [5, 5.41) is 15.8. The molecule has 2 heterocycles. The molecule has 0 aliphatic carbocycles. The highest BCUT2D eigenvalue weighted by atomic mass is 35.5. The first-order valence-electron chi connectivity index (χ1n) is 10.1. The van der Waals surface area contributed by atoms with E-state index in [1.807, 2.05) is 35.0 Å². The fraction of sp³-hybridized carbons (Fsp3) is 0.240. The zero-order chi connectivity index (χ0) is 21.3. The molecule has 0 aliphatic heterocycles. The Morgan fingerprint density at radius 1 is 1.00 bits per heavy atom. The molecule has 0 saturated carbocycles. The Kier molecular flexibility index (Phi) is 5.83. The minimum Gasteiger partial charge on any atom is -0.384 e. The molecule has 5 heteroatoms. The van der Waals surface area contributed by atoms with Gasteiger partial charge in [-0.1, -0.05) is 61.3 Å². The minimum atomic E-state index is -1.05. The van der Waals surface area contributed by atoms with Gasteiger partial charge in [-0.05, 0) is 61.7 Å². The number of nitrogens with zero attached hydrogens (tertiary/aromatic N) is 2. The predicted molar refractivity (Wildman–Crippen MR) is 127 cm³/mol. The maximum atomic E-state index is 10.5. The fourth-order valence-corrected chi connectivity index (χ4v) is 4.65. The van der Waals surface area contributed by atoms with Crippen LogP contribution in [0.1, 0.15) is 38.4 Å². The van der Waals surface area contributed by atoms with Crippen LogP contribution in [0.25, 0.3) is 26.7 Å². The quantitative estimate of drug-likeness (QED) is 0.350. The van der Waals surface area contributed by atoms with E-state index >= 15 is 0 Å². The van der Waals surface area contributed by atoms with Gasteiger partial charge in [0.2, 0.25) is 0 Å². The highest BCUT2D eigenvalue weighted by molar-refractivity contribution is 7.18. The summed E-state index contributed by atoms with van der Waals surface area (Å²) in [5.41, 5.74) is 3.84. The van der Waals surface area contributed by atoms with Crippen LogP contribution in [-0.2, 0) is 12.0 Å². The summed E-state index contributed by atoms with van der Waals surface area (Å²) in [5.74, 6) is 0. The van der Waals surface area contributed by atoms with Crippen LogP contribution in [0.3, 0.4) is 0 Å². The molecule has 0 radical (unpaired) electrons. The Balaban J connectivity index is 1.77. The average molecular weight is 437 g/mol. The maximum absolute atomic E-state index is 10.5. The van der Waals surface area contributed by atoms with Gasteiger partial charge < -0.3 is 5.11 Å². The van der Waals surface area contributed by atoms with Crippen LogP contribution >= 0.6 is 22.9 Å². The Hall–Kier alpha value is -2.40. The summed E-state index contributed by atoms with van der Waals surface area (Å²) in [6, 6.07) is 22.6. The third-order valence-electron chi connectivity index (χ3n) is 5.05. The molecule has 0 unspecified atom stereocenters. The first kappa shape index (κ1) is 20.9. The number of halogens is 1. The largest absolute Gasteiger partial charge is 0.384 e. The van der Waals surface area contributed by atoms with Crippen LogP contribution in [0.5, 0.6) is 0 Å². The second-order valence-corrected chi connectivity index (χ2v) is 9.44. The molecule has 0 amide bonds. The van der Waals surface area contributed by atoms with E-state index < -0.39 is 5.60 Å². The zero-order valence-electron chi connectivity index (χ0n) is 17.4. The van der Waals surface area contributed by atoms with Crippen molar-refractivity contribution < 1.29 is 5.11 Å². The van der Waals surface area contributed by atoms with Gasteiger partial charge >= 0.3 is 0 Å². The van der Waals surface area contributed by atoms with Gasteiger partial charge in [-0.25, -0.2) is 4.68 Å². The molecule has 3 nitrogen and oxygen atoms in total. The first-order valence-corrected chi connectivity index (χ1v) is 11.3. The summed E-state index contributed by atoms with van der Waals surface area (Å²) in [7, 11) is 0. The lowest BCUT2D eigenvalue weighted by atomic mass is 10.1. The van der Waals surface area contributed by atoms with Gasteiger partial charge in [0.15, 0.2) is 0 Å². The second-order valence-electron chi connectivity index (χ2n) is 7.95. The van der Waals surface area contributed by atoms with Gasteiger partial charge in [-0.15, -0.1) is 11.3 Å². The maximum Gasteiger partial charge on any atom is 0.103 e. The molecule has 154 valence electrons. The van der Waals surface area contributed by atoms with Gasteiger partial charge in [0.25, 0.3) is 0 Å². The SMILES string of the molecule is CCCc1ccc(-c2ccc(-c3cc(C(C)(C)O)nn3-c3ccccc3Cl)s2)cc1. The highest BCUT2D eigenvalue weighted by Crippen LogP contribution is 2.38.